The van der Waals surface area contributed by atoms with E-state index in [4.69, 9.17) is 5.73 Å². The lowest BCUT2D eigenvalue weighted by atomic mass is 9.96. The van der Waals surface area contributed by atoms with Crippen molar-refractivity contribution >= 4 is 17.3 Å². The van der Waals surface area contributed by atoms with Gasteiger partial charge in [-0.2, -0.15) is 11.3 Å². The van der Waals surface area contributed by atoms with E-state index in [1.165, 1.54) is 5.56 Å². The summed E-state index contributed by atoms with van der Waals surface area (Å²) in [5.74, 6) is 0.303. The van der Waals surface area contributed by atoms with Gasteiger partial charge in [-0.15, -0.1) is 0 Å². The van der Waals surface area contributed by atoms with E-state index < -0.39 is 0 Å². The number of nitrogen functional groups attached to an aromatic ring is 1. The summed E-state index contributed by atoms with van der Waals surface area (Å²) < 4.78 is 0. The number of nitrogens with two attached hydrogens (primary N) is 1. The van der Waals surface area contributed by atoms with Crippen molar-refractivity contribution in [1.29, 1.82) is 0 Å². The normalized spacial score (nSPS) is 10.7. The van der Waals surface area contributed by atoms with Crippen molar-refractivity contribution in [3.8, 4) is 22.5 Å². The van der Waals surface area contributed by atoms with Crippen molar-refractivity contribution in [2.24, 2.45) is 0 Å². The summed E-state index contributed by atoms with van der Waals surface area (Å²) in [5, 5.41) is 4.16. The predicted octanol–water partition coefficient (Wildman–Crippen LogP) is 5.05. The Morgan fingerprint density at radius 1 is 0.760 bits per heavy atom. The molecule has 0 unspecified atom stereocenters. The minimum Gasteiger partial charge on any atom is -0.368 e. The van der Waals surface area contributed by atoms with Crippen LogP contribution in [0.1, 0.15) is 11.1 Å². The largest absolute Gasteiger partial charge is 0.368 e. The monoisotopic (exact) mass is 343 g/mol. The number of benzene rings is 2. The molecule has 0 atom stereocenters. The third kappa shape index (κ3) is 3.30. The van der Waals surface area contributed by atoms with E-state index in [0.29, 0.717) is 5.95 Å². The molecule has 2 aromatic carbocycles. The van der Waals surface area contributed by atoms with Crippen LogP contribution in [0.5, 0.6) is 0 Å². The average molecular weight is 343 g/mol. The lowest BCUT2D eigenvalue weighted by Crippen LogP contribution is -2.05. The summed E-state index contributed by atoms with van der Waals surface area (Å²) in [7, 11) is 0. The van der Waals surface area contributed by atoms with E-state index in [1.807, 2.05) is 24.3 Å². The summed E-state index contributed by atoms with van der Waals surface area (Å²) in [5.41, 5.74) is 12.3. The van der Waals surface area contributed by atoms with Crippen LogP contribution in [0.15, 0.2) is 77.5 Å². The van der Waals surface area contributed by atoms with Crippen LogP contribution in [0.4, 0.5) is 5.95 Å². The highest BCUT2D eigenvalue weighted by Gasteiger charge is 2.17. The number of rotatable bonds is 4. The summed E-state index contributed by atoms with van der Waals surface area (Å²) in [6.45, 7) is 0. The van der Waals surface area contributed by atoms with E-state index in [0.717, 1.165) is 34.5 Å². The number of anilines is 1. The van der Waals surface area contributed by atoms with Crippen LogP contribution >= 0.6 is 11.3 Å². The second-order valence-corrected chi connectivity index (χ2v) is 6.58. The molecule has 25 heavy (non-hydrogen) atoms. The van der Waals surface area contributed by atoms with Crippen molar-refractivity contribution in [3.63, 3.8) is 0 Å². The molecule has 2 aromatic heterocycles. The molecule has 0 aliphatic heterocycles. The summed E-state index contributed by atoms with van der Waals surface area (Å²) in [6, 6.07) is 22.6. The molecule has 0 saturated carbocycles. The zero-order valence-electron chi connectivity index (χ0n) is 13.6. The van der Waals surface area contributed by atoms with Crippen molar-refractivity contribution in [3.05, 3.63) is 88.6 Å². The molecule has 2 N–H and O–H groups in total. The first-order valence-corrected chi connectivity index (χ1v) is 9.04. The Morgan fingerprint density at radius 3 is 2.04 bits per heavy atom. The van der Waals surface area contributed by atoms with Crippen molar-refractivity contribution in [2.45, 2.75) is 6.42 Å². The fraction of sp³-hybridized carbons (Fsp3) is 0.0476. The van der Waals surface area contributed by atoms with Crippen LogP contribution < -0.4 is 5.73 Å². The molecule has 4 aromatic rings. The van der Waals surface area contributed by atoms with Gasteiger partial charge in [0, 0.05) is 28.5 Å². The fourth-order valence-corrected chi connectivity index (χ4v) is 3.58. The molecule has 0 saturated heterocycles. The number of hydrogen-bond acceptors (Lipinski definition) is 4. The SMILES string of the molecule is Nc1nc(-c2ccccc2)c(Cc2ccccc2)c(-c2ccsc2)n1. The summed E-state index contributed by atoms with van der Waals surface area (Å²) in [6.07, 6.45) is 0.760. The smallest absolute Gasteiger partial charge is 0.221 e. The van der Waals surface area contributed by atoms with Gasteiger partial charge < -0.3 is 5.73 Å². The highest BCUT2D eigenvalue weighted by Crippen LogP contribution is 2.33. The minimum atomic E-state index is 0.303. The molecule has 3 nitrogen and oxygen atoms in total. The average Bonchev–Trinajstić information content (AvgIpc) is 3.19. The van der Waals surface area contributed by atoms with Gasteiger partial charge in [-0.1, -0.05) is 60.7 Å². The molecule has 0 aliphatic rings. The van der Waals surface area contributed by atoms with E-state index in [-0.39, 0.29) is 0 Å². The first-order chi connectivity index (χ1) is 12.3. The molecule has 2 heterocycles. The van der Waals surface area contributed by atoms with Crippen LogP contribution in [-0.2, 0) is 6.42 Å². The standard InChI is InChI=1S/C21H17N3S/c22-21-23-19(16-9-5-2-6-10-16)18(13-15-7-3-1-4-8-15)20(24-21)17-11-12-25-14-17/h1-12,14H,13H2,(H2,22,23,24). The van der Waals surface area contributed by atoms with Crippen molar-refractivity contribution < 1.29 is 0 Å². The van der Waals surface area contributed by atoms with Gasteiger partial charge in [-0.3, -0.25) is 0 Å². The Hall–Kier alpha value is -2.98. The van der Waals surface area contributed by atoms with Crippen LogP contribution in [0.3, 0.4) is 0 Å². The van der Waals surface area contributed by atoms with E-state index in [1.54, 1.807) is 11.3 Å². The molecule has 0 spiro atoms. The lowest BCUT2D eigenvalue weighted by molar-refractivity contribution is 1.09. The van der Waals surface area contributed by atoms with Gasteiger partial charge in [0.1, 0.15) is 0 Å². The Morgan fingerprint density at radius 2 is 1.40 bits per heavy atom. The first kappa shape index (κ1) is 15.5. The van der Waals surface area contributed by atoms with E-state index in [2.05, 4.69) is 63.2 Å². The topological polar surface area (TPSA) is 51.8 Å². The molecular weight excluding hydrogens is 326 g/mol. The predicted molar refractivity (Wildman–Crippen MR) is 104 cm³/mol. The van der Waals surface area contributed by atoms with Gasteiger partial charge in [0.2, 0.25) is 5.95 Å². The van der Waals surface area contributed by atoms with Gasteiger partial charge in [-0.05, 0) is 17.0 Å². The maximum absolute atomic E-state index is 6.05. The molecule has 0 bridgehead atoms. The Kier molecular flexibility index (Phi) is 4.27. The van der Waals surface area contributed by atoms with Crippen molar-refractivity contribution in [1.82, 2.24) is 9.97 Å². The highest BCUT2D eigenvalue weighted by atomic mass is 32.1. The third-order valence-corrected chi connectivity index (χ3v) is 4.77. The number of nitrogens with zero attached hydrogens (tertiary/aromatic N) is 2. The minimum absolute atomic E-state index is 0.303. The molecule has 0 amide bonds. The fourth-order valence-electron chi connectivity index (χ4n) is 2.94. The second kappa shape index (κ2) is 6.87. The Labute approximate surface area is 150 Å². The summed E-state index contributed by atoms with van der Waals surface area (Å²) >= 11 is 1.66. The molecule has 0 fully saturated rings. The molecule has 122 valence electrons. The van der Waals surface area contributed by atoms with Crippen LogP contribution in [0, 0.1) is 0 Å². The molecule has 0 aliphatic carbocycles. The number of thiophene rings is 1. The Bertz CT molecular complexity index is 965. The highest BCUT2D eigenvalue weighted by molar-refractivity contribution is 7.08. The van der Waals surface area contributed by atoms with Gasteiger partial charge in [0.15, 0.2) is 0 Å². The molecule has 4 heteroatoms. The zero-order valence-corrected chi connectivity index (χ0v) is 14.4. The van der Waals surface area contributed by atoms with Crippen molar-refractivity contribution in [2.75, 3.05) is 5.73 Å². The third-order valence-electron chi connectivity index (χ3n) is 4.09. The second-order valence-electron chi connectivity index (χ2n) is 5.80. The van der Waals surface area contributed by atoms with Gasteiger partial charge in [-0.25, -0.2) is 9.97 Å². The van der Waals surface area contributed by atoms with Gasteiger partial charge in [0.25, 0.3) is 0 Å². The Balaban J connectivity index is 1.94. The maximum Gasteiger partial charge on any atom is 0.221 e. The number of aromatic nitrogens is 2. The van der Waals surface area contributed by atoms with E-state index >= 15 is 0 Å². The molecule has 0 radical (unpaired) electrons. The molecular formula is C21H17N3S. The lowest BCUT2D eigenvalue weighted by Gasteiger charge is -2.14. The quantitative estimate of drug-likeness (QED) is 0.564. The number of hydrogen-bond donors (Lipinski definition) is 1. The van der Waals surface area contributed by atoms with Gasteiger partial charge in [0.05, 0.1) is 11.4 Å². The maximum atomic E-state index is 6.05. The van der Waals surface area contributed by atoms with Gasteiger partial charge >= 0.3 is 0 Å². The zero-order chi connectivity index (χ0) is 17.1. The van der Waals surface area contributed by atoms with Crippen LogP contribution in [-0.4, -0.2) is 9.97 Å². The summed E-state index contributed by atoms with van der Waals surface area (Å²) in [4.78, 5) is 9.15. The van der Waals surface area contributed by atoms with Crippen LogP contribution in [0.2, 0.25) is 0 Å². The first-order valence-electron chi connectivity index (χ1n) is 8.09. The van der Waals surface area contributed by atoms with E-state index in [9.17, 15) is 0 Å². The van der Waals surface area contributed by atoms with Crippen LogP contribution in [0.25, 0.3) is 22.5 Å². The molecule has 4 rings (SSSR count).